The quantitative estimate of drug-likeness (QED) is 0.634. The molecule has 0 aliphatic carbocycles. The lowest BCUT2D eigenvalue weighted by atomic mass is 10.2. The van der Waals surface area contributed by atoms with Gasteiger partial charge in [0.2, 0.25) is 0 Å². The van der Waals surface area contributed by atoms with Gasteiger partial charge < -0.3 is 10.1 Å². The van der Waals surface area contributed by atoms with Crippen molar-refractivity contribution in [3.8, 4) is 0 Å². The van der Waals surface area contributed by atoms with Gasteiger partial charge in [0.15, 0.2) is 0 Å². The smallest absolute Gasteiger partial charge is 0.0589 e. The summed E-state index contributed by atoms with van der Waals surface area (Å²) in [4.78, 5) is 5.22. The third-order valence-corrected chi connectivity index (χ3v) is 4.41. The molecule has 3 nitrogen and oxygen atoms in total. The van der Waals surface area contributed by atoms with E-state index in [0.29, 0.717) is 5.92 Å². The zero-order chi connectivity index (χ0) is 15.7. The average Bonchev–Trinajstić information content (AvgIpc) is 2.76. The SMILES string of the molecule is C=CCN(CCOC)Cc1cc(CNCC(C)C)sc1C. The summed E-state index contributed by atoms with van der Waals surface area (Å²) in [6.07, 6.45) is 1.96. The number of methoxy groups -OCH3 is 1. The van der Waals surface area contributed by atoms with Gasteiger partial charge in [-0.25, -0.2) is 0 Å². The van der Waals surface area contributed by atoms with E-state index in [-0.39, 0.29) is 0 Å². The second-order valence-electron chi connectivity index (χ2n) is 5.84. The van der Waals surface area contributed by atoms with Gasteiger partial charge in [-0.2, -0.15) is 0 Å². The molecule has 4 heteroatoms. The summed E-state index contributed by atoms with van der Waals surface area (Å²) in [7, 11) is 1.75. The first kappa shape index (κ1) is 18.4. The molecule has 0 fully saturated rings. The Morgan fingerprint density at radius 1 is 1.48 bits per heavy atom. The number of hydrogen-bond donors (Lipinski definition) is 1. The number of hydrogen-bond acceptors (Lipinski definition) is 4. The van der Waals surface area contributed by atoms with E-state index in [2.05, 4.69) is 43.6 Å². The monoisotopic (exact) mass is 310 g/mol. The van der Waals surface area contributed by atoms with Gasteiger partial charge in [-0.05, 0) is 31.0 Å². The average molecular weight is 311 g/mol. The lowest BCUT2D eigenvalue weighted by Gasteiger charge is -2.20. The van der Waals surface area contributed by atoms with Crippen LogP contribution >= 0.6 is 11.3 Å². The van der Waals surface area contributed by atoms with E-state index in [0.717, 1.165) is 39.3 Å². The number of nitrogens with zero attached hydrogens (tertiary/aromatic N) is 1. The highest BCUT2D eigenvalue weighted by molar-refractivity contribution is 7.12. The molecule has 1 N–H and O–H groups in total. The van der Waals surface area contributed by atoms with E-state index in [4.69, 9.17) is 4.74 Å². The van der Waals surface area contributed by atoms with Crippen LogP contribution in [0.3, 0.4) is 0 Å². The topological polar surface area (TPSA) is 24.5 Å². The predicted octanol–water partition coefficient (Wildman–Crippen LogP) is 3.44. The van der Waals surface area contributed by atoms with Crippen molar-refractivity contribution in [1.29, 1.82) is 0 Å². The normalized spacial score (nSPS) is 11.5. The van der Waals surface area contributed by atoms with Gasteiger partial charge in [-0.15, -0.1) is 17.9 Å². The van der Waals surface area contributed by atoms with Gasteiger partial charge in [0.05, 0.1) is 6.61 Å². The first-order valence-electron chi connectivity index (χ1n) is 7.67. The first-order chi connectivity index (χ1) is 10.1. The molecule has 0 aliphatic rings. The highest BCUT2D eigenvalue weighted by Crippen LogP contribution is 2.23. The van der Waals surface area contributed by atoms with Gasteiger partial charge in [0.25, 0.3) is 0 Å². The zero-order valence-corrected chi connectivity index (χ0v) is 14.8. The third kappa shape index (κ3) is 7.23. The van der Waals surface area contributed by atoms with Crippen molar-refractivity contribution in [2.45, 2.75) is 33.9 Å². The zero-order valence-electron chi connectivity index (χ0n) is 13.9. The van der Waals surface area contributed by atoms with Crippen LogP contribution in [0.15, 0.2) is 18.7 Å². The van der Waals surface area contributed by atoms with Crippen LogP contribution in [-0.2, 0) is 17.8 Å². The Morgan fingerprint density at radius 3 is 2.86 bits per heavy atom. The molecule has 0 unspecified atom stereocenters. The molecule has 0 aromatic carbocycles. The van der Waals surface area contributed by atoms with Crippen molar-refractivity contribution in [3.63, 3.8) is 0 Å². The van der Waals surface area contributed by atoms with Crippen LogP contribution in [-0.4, -0.2) is 38.3 Å². The minimum absolute atomic E-state index is 0.697. The first-order valence-corrected chi connectivity index (χ1v) is 8.49. The van der Waals surface area contributed by atoms with Crippen molar-refractivity contribution in [2.24, 2.45) is 5.92 Å². The Balaban J connectivity index is 2.56. The molecule has 1 heterocycles. The van der Waals surface area contributed by atoms with Crippen LogP contribution in [0.4, 0.5) is 0 Å². The molecule has 1 aromatic heterocycles. The van der Waals surface area contributed by atoms with Crippen molar-refractivity contribution < 1.29 is 4.74 Å². The van der Waals surface area contributed by atoms with Crippen LogP contribution in [0.25, 0.3) is 0 Å². The standard InChI is InChI=1S/C17H30N2OS/c1-6-7-19(8-9-20-5)13-16-10-17(21-15(16)4)12-18-11-14(2)3/h6,10,14,18H,1,7-9,11-13H2,2-5H3. The molecule has 1 aromatic rings. The van der Waals surface area contributed by atoms with E-state index in [9.17, 15) is 0 Å². The van der Waals surface area contributed by atoms with Crippen molar-refractivity contribution in [1.82, 2.24) is 10.2 Å². The van der Waals surface area contributed by atoms with E-state index in [1.165, 1.54) is 15.3 Å². The Labute approximate surface area is 134 Å². The molecule has 0 radical (unpaired) electrons. The number of nitrogens with one attached hydrogen (secondary N) is 1. The number of rotatable bonds is 11. The minimum atomic E-state index is 0.697. The summed E-state index contributed by atoms with van der Waals surface area (Å²) < 4.78 is 5.18. The Morgan fingerprint density at radius 2 is 2.24 bits per heavy atom. The van der Waals surface area contributed by atoms with Crippen LogP contribution < -0.4 is 5.32 Å². The fourth-order valence-electron chi connectivity index (χ4n) is 2.19. The Kier molecular flexibility index (Phi) is 8.85. The summed E-state index contributed by atoms with van der Waals surface area (Å²) in [5, 5.41) is 3.52. The van der Waals surface area contributed by atoms with Gasteiger partial charge in [0.1, 0.15) is 0 Å². The molecule has 0 spiro atoms. The summed E-state index contributed by atoms with van der Waals surface area (Å²) in [6.45, 7) is 16.2. The fourth-order valence-corrected chi connectivity index (χ4v) is 3.22. The second-order valence-corrected chi connectivity index (χ2v) is 7.18. The molecule has 0 saturated heterocycles. The largest absolute Gasteiger partial charge is 0.383 e. The van der Waals surface area contributed by atoms with E-state index in [1.54, 1.807) is 7.11 Å². The van der Waals surface area contributed by atoms with Crippen LogP contribution in [0, 0.1) is 12.8 Å². The lowest BCUT2D eigenvalue weighted by Crippen LogP contribution is -2.27. The van der Waals surface area contributed by atoms with Crippen LogP contribution in [0.1, 0.15) is 29.2 Å². The van der Waals surface area contributed by atoms with Gasteiger partial charge >= 0.3 is 0 Å². The van der Waals surface area contributed by atoms with Crippen molar-refractivity contribution in [3.05, 3.63) is 34.0 Å². The maximum absolute atomic E-state index is 5.18. The lowest BCUT2D eigenvalue weighted by molar-refractivity contribution is 0.151. The maximum Gasteiger partial charge on any atom is 0.0589 e. The summed E-state index contributed by atoms with van der Waals surface area (Å²) in [5.74, 6) is 0.697. The molecular formula is C17H30N2OS. The molecule has 0 atom stereocenters. The molecule has 0 saturated carbocycles. The third-order valence-electron chi connectivity index (χ3n) is 3.32. The van der Waals surface area contributed by atoms with Crippen LogP contribution in [0.5, 0.6) is 0 Å². The van der Waals surface area contributed by atoms with Crippen molar-refractivity contribution >= 4 is 11.3 Å². The van der Waals surface area contributed by atoms with Gasteiger partial charge in [0, 0.05) is 43.0 Å². The number of ether oxygens (including phenoxy) is 1. The second kappa shape index (κ2) is 10.1. The molecule has 0 bridgehead atoms. The highest BCUT2D eigenvalue weighted by atomic mass is 32.1. The maximum atomic E-state index is 5.18. The van der Waals surface area contributed by atoms with Gasteiger partial charge in [-0.3, -0.25) is 4.90 Å². The Bertz CT molecular complexity index is 415. The summed E-state index contributed by atoms with van der Waals surface area (Å²) in [5.41, 5.74) is 1.43. The van der Waals surface area contributed by atoms with E-state index in [1.807, 2.05) is 17.4 Å². The summed E-state index contributed by atoms with van der Waals surface area (Å²) >= 11 is 1.90. The highest BCUT2D eigenvalue weighted by Gasteiger charge is 2.10. The molecule has 0 aliphatic heterocycles. The minimum Gasteiger partial charge on any atom is -0.383 e. The molecule has 120 valence electrons. The van der Waals surface area contributed by atoms with Gasteiger partial charge in [-0.1, -0.05) is 19.9 Å². The number of aryl methyl sites for hydroxylation is 1. The molecule has 1 rings (SSSR count). The molecule has 21 heavy (non-hydrogen) atoms. The Hall–Kier alpha value is -0.680. The fraction of sp³-hybridized carbons (Fsp3) is 0.647. The van der Waals surface area contributed by atoms with E-state index < -0.39 is 0 Å². The number of thiophene rings is 1. The molecular weight excluding hydrogens is 280 g/mol. The van der Waals surface area contributed by atoms with E-state index >= 15 is 0 Å². The van der Waals surface area contributed by atoms with Crippen LogP contribution in [0.2, 0.25) is 0 Å². The molecule has 0 amide bonds. The van der Waals surface area contributed by atoms with Crippen molar-refractivity contribution in [2.75, 3.05) is 33.4 Å². The predicted molar refractivity (Wildman–Crippen MR) is 93.0 cm³/mol. The summed E-state index contributed by atoms with van der Waals surface area (Å²) in [6, 6.07) is 2.34.